The van der Waals surface area contributed by atoms with Crippen molar-refractivity contribution in [3.8, 4) is 0 Å². The molecule has 1 fully saturated rings. The Morgan fingerprint density at radius 1 is 0.607 bits per heavy atom. The van der Waals surface area contributed by atoms with E-state index >= 15 is 0 Å². The van der Waals surface area contributed by atoms with Gasteiger partial charge in [0.15, 0.2) is 0 Å². The van der Waals surface area contributed by atoms with Crippen molar-refractivity contribution in [2.24, 2.45) is 5.16 Å². The summed E-state index contributed by atoms with van der Waals surface area (Å²) in [6, 6.07) is 35.2. The van der Waals surface area contributed by atoms with Crippen molar-refractivity contribution in [2.75, 3.05) is 0 Å². The Bertz CT molecular complexity index is 786. The smallest absolute Gasteiger partial charge is 0.300 e. The second-order valence-corrected chi connectivity index (χ2v) is 11.4. The summed E-state index contributed by atoms with van der Waals surface area (Å²) in [6.07, 6.45) is 3.42. The fourth-order valence-corrected chi connectivity index (χ4v) is 7.61. The molecule has 3 heteroatoms. The second kappa shape index (κ2) is 9.02. The molecule has 28 heavy (non-hydrogen) atoms. The number of rotatable bonds is 8. The van der Waals surface area contributed by atoms with Crippen LogP contribution in [0.2, 0.25) is 0 Å². The minimum absolute atomic E-state index is 0.967. The lowest BCUT2D eigenvalue weighted by Gasteiger charge is -2.30. The molecule has 0 unspecified atom stereocenters. The third-order valence-electron chi connectivity index (χ3n) is 5.41. The van der Waals surface area contributed by atoms with Crippen molar-refractivity contribution in [2.45, 2.75) is 37.4 Å². The Kier molecular flexibility index (Phi) is 6.03. The van der Waals surface area contributed by atoms with Crippen molar-refractivity contribution in [1.29, 1.82) is 0 Å². The highest BCUT2D eigenvalue weighted by Gasteiger charge is 2.39. The van der Waals surface area contributed by atoms with Gasteiger partial charge in [-0.1, -0.05) is 91.0 Å². The third kappa shape index (κ3) is 4.99. The molecule has 0 saturated heterocycles. The standard InChI is InChI=1S/C25H27NOSi/c1-4-11-22(12-5-1)19-28(27-26-25-17-10-18-25,20-23-13-6-2-7-14-23)21-24-15-8-3-9-16-24/h1-9,11-16H,10,17-21H2. The third-order valence-corrected chi connectivity index (χ3v) is 9.04. The molecule has 1 saturated carbocycles. The summed E-state index contributed by atoms with van der Waals surface area (Å²) >= 11 is 0. The SMILES string of the molecule is c1ccc(C[Si](Cc2ccccc2)(Cc2ccccc2)ON=C2CCC2)cc1. The first-order valence-electron chi connectivity index (χ1n) is 10.2. The molecule has 0 N–H and O–H groups in total. The van der Waals surface area contributed by atoms with Crippen LogP contribution in [0.3, 0.4) is 0 Å². The van der Waals surface area contributed by atoms with Gasteiger partial charge in [0, 0.05) is 18.1 Å². The highest BCUT2D eigenvalue weighted by Crippen LogP contribution is 2.26. The zero-order valence-electron chi connectivity index (χ0n) is 16.3. The molecule has 142 valence electrons. The van der Waals surface area contributed by atoms with Crippen LogP contribution in [0.25, 0.3) is 0 Å². The van der Waals surface area contributed by atoms with Crippen molar-refractivity contribution in [3.63, 3.8) is 0 Å². The number of oxime groups is 1. The molecule has 1 aliphatic carbocycles. The molecule has 0 amide bonds. The lowest BCUT2D eigenvalue weighted by Crippen LogP contribution is -2.46. The van der Waals surface area contributed by atoms with Gasteiger partial charge in [-0.3, -0.25) is 0 Å². The van der Waals surface area contributed by atoms with Gasteiger partial charge >= 0.3 is 0 Å². The van der Waals surface area contributed by atoms with E-state index in [1.165, 1.54) is 28.8 Å². The predicted molar refractivity (Wildman–Crippen MR) is 119 cm³/mol. The average Bonchev–Trinajstić information content (AvgIpc) is 2.69. The first kappa shape index (κ1) is 18.7. The summed E-state index contributed by atoms with van der Waals surface area (Å²) in [5, 5.41) is 4.67. The topological polar surface area (TPSA) is 21.6 Å². The van der Waals surface area contributed by atoms with E-state index in [1.54, 1.807) is 0 Å². The Labute approximate surface area is 169 Å². The van der Waals surface area contributed by atoms with E-state index in [0.717, 1.165) is 31.0 Å². The summed E-state index contributed by atoms with van der Waals surface area (Å²) in [4.78, 5) is 0. The summed E-state index contributed by atoms with van der Waals surface area (Å²) in [7, 11) is -2.25. The van der Waals surface area contributed by atoms with Crippen molar-refractivity contribution in [3.05, 3.63) is 108 Å². The Hall–Kier alpha value is -2.65. The fourth-order valence-electron chi connectivity index (χ4n) is 3.78. The zero-order chi connectivity index (χ0) is 19.1. The Balaban J connectivity index is 1.69. The largest absolute Gasteiger partial charge is 0.454 e. The van der Waals surface area contributed by atoms with Crippen molar-refractivity contribution < 1.29 is 4.53 Å². The van der Waals surface area contributed by atoms with E-state index in [4.69, 9.17) is 4.53 Å². The molecule has 3 aromatic carbocycles. The van der Waals surface area contributed by atoms with E-state index in [9.17, 15) is 0 Å². The predicted octanol–water partition coefficient (Wildman–Crippen LogP) is 5.83. The Morgan fingerprint density at radius 2 is 1.00 bits per heavy atom. The van der Waals surface area contributed by atoms with Crippen molar-refractivity contribution in [1.82, 2.24) is 0 Å². The molecule has 0 aliphatic heterocycles. The lowest BCUT2D eigenvalue weighted by atomic mass is 9.98. The minimum Gasteiger partial charge on any atom is -0.454 e. The highest BCUT2D eigenvalue weighted by molar-refractivity contribution is 6.72. The van der Waals surface area contributed by atoms with Crippen LogP contribution >= 0.6 is 0 Å². The van der Waals surface area contributed by atoms with E-state index in [0.29, 0.717) is 0 Å². The summed E-state index contributed by atoms with van der Waals surface area (Å²) < 4.78 is 6.57. The molecule has 0 aromatic heterocycles. The normalized spacial score (nSPS) is 13.6. The van der Waals surface area contributed by atoms with Gasteiger partial charge < -0.3 is 4.53 Å². The van der Waals surface area contributed by atoms with E-state index in [1.807, 2.05) is 0 Å². The van der Waals surface area contributed by atoms with Crippen LogP contribution in [0, 0.1) is 0 Å². The van der Waals surface area contributed by atoms with Gasteiger partial charge in [0.2, 0.25) is 0 Å². The van der Waals surface area contributed by atoms with Crippen molar-refractivity contribution >= 4 is 14.0 Å². The van der Waals surface area contributed by atoms with E-state index in [-0.39, 0.29) is 0 Å². The highest BCUT2D eigenvalue weighted by atomic mass is 28.4. The molecular formula is C25H27NOSi. The minimum atomic E-state index is -2.25. The molecule has 2 nitrogen and oxygen atoms in total. The monoisotopic (exact) mass is 385 g/mol. The van der Waals surface area contributed by atoms with Gasteiger partial charge in [0.1, 0.15) is 0 Å². The maximum absolute atomic E-state index is 6.57. The summed E-state index contributed by atoms with van der Waals surface area (Å²) in [5.74, 6) is 0. The van der Waals surface area contributed by atoms with Gasteiger partial charge in [0.25, 0.3) is 8.32 Å². The fraction of sp³-hybridized carbons (Fsp3) is 0.240. The number of hydrogen-bond donors (Lipinski definition) is 0. The van der Waals surface area contributed by atoms with Crippen LogP contribution in [0.4, 0.5) is 0 Å². The molecule has 0 spiro atoms. The van der Waals surface area contributed by atoms with Crippen LogP contribution < -0.4 is 0 Å². The van der Waals surface area contributed by atoms with Crippen LogP contribution in [0.5, 0.6) is 0 Å². The van der Waals surface area contributed by atoms with E-state index < -0.39 is 8.32 Å². The molecule has 0 radical (unpaired) electrons. The average molecular weight is 386 g/mol. The maximum Gasteiger partial charge on any atom is 0.300 e. The first-order chi connectivity index (χ1) is 13.8. The molecule has 3 aromatic rings. The van der Waals surface area contributed by atoms with Crippen LogP contribution in [0.1, 0.15) is 36.0 Å². The van der Waals surface area contributed by atoms with E-state index in [2.05, 4.69) is 96.2 Å². The summed E-state index contributed by atoms with van der Waals surface area (Å²) in [5.41, 5.74) is 5.26. The van der Waals surface area contributed by atoms with Gasteiger partial charge in [-0.05, 0) is 36.0 Å². The molecule has 0 atom stereocenters. The Morgan fingerprint density at radius 3 is 1.32 bits per heavy atom. The van der Waals surface area contributed by atoms with Gasteiger partial charge in [-0.15, -0.1) is 5.16 Å². The van der Waals surface area contributed by atoms with Crippen LogP contribution in [-0.4, -0.2) is 14.0 Å². The number of hydrogen-bond acceptors (Lipinski definition) is 2. The van der Waals surface area contributed by atoms with Gasteiger partial charge in [-0.25, -0.2) is 0 Å². The number of nitrogens with zero attached hydrogens (tertiary/aromatic N) is 1. The molecule has 4 rings (SSSR count). The molecular weight excluding hydrogens is 358 g/mol. The maximum atomic E-state index is 6.57. The van der Waals surface area contributed by atoms with Gasteiger partial charge in [-0.2, -0.15) is 0 Å². The lowest BCUT2D eigenvalue weighted by molar-refractivity contribution is 0.311. The second-order valence-electron chi connectivity index (χ2n) is 7.77. The zero-order valence-corrected chi connectivity index (χ0v) is 17.3. The summed E-state index contributed by atoms with van der Waals surface area (Å²) in [6.45, 7) is 0. The van der Waals surface area contributed by atoms with Crippen LogP contribution in [0.15, 0.2) is 96.2 Å². The first-order valence-corrected chi connectivity index (χ1v) is 12.7. The van der Waals surface area contributed by atoms with Gasteiger partial charge in [0.05, 0.1) is 5.71 Å². The quantitative estimate of drug-likeness (QED) is 0.353. The molecule has 1 aliphatic rings. The molecule has 0 bridgehead atoms. The number of benzene rings is 3. The van der Waals surface area contributed by atoms with Crippen LogP contribution in [-0.2, 0) is 22.7 Å². The molecule has 0 heterocycles.